The number of hydrogen-bond acceptors (Lipinski definition) is 3. The molecule has 2 unspecified atom stereocenters. The maximum absolute atomic E-state index is 9.00. The van der Waals surface area contributed by atoms with Gasteiger partial charge in [0.1, 0.15) is 0 Å². The highest BCUT2D eigenvalue weighted by atomic mass is 16.2. The van der Waals surface area contributed by atoms with Crippen LogP contribution in [0.25, 0.3) is 0 Å². The Bertz CT molecular complexity index is 243. The van der Waals surface area contributed by atoms with Gasteiger partial charge >= 0.3 is 0 Å². The topological polar surface area (TPSA) is 35.5 Å². The summed E-state index contributed by atoms with van der Waals surface area (Å²) < 4.78 is 0. The molecule has 3 nitrogen and oxygen atoms in total. The fraction of sp³-hybridized carbons (Fsp3) is 1.00. The molecule has 114 valence electrons. The summed E-state index contributed by atoms with van der Waals surface area (Å²) in [6, 6.07) is 1.25. The summed E-state index contributed by atoms with van der Waals surface area (Å²) in [7, 11) is 0. The van der Waals surface area contributed by atoms with Gasteiger partial charge in [-0.2, -0.15) is 0 Å². The molecule has 2 N–H and O–H groups in total. The van der Waals surface area contributed by atoms with Crippen LogP contribution in [0.2, 0.25) is 0 Å². The lowest BCUT2D eigenvalue weighted by Gasteiger charge is -2.38. The van der Waals surface area contributed by atoms with E-state index in [0.717, 1.165) is 19.4 Å². The lowest BCUT2D eigenvalue weighted by molar-refractivity contribution is 0.125. The van der Waals surface area contributed by atoms with Gasteiger partial charge in [0.25, 0.3) is 0 Å². The molecule has 1 heterocycles. The van der Waals surface area contributed by atoms with E-state index in [0.29, 0.717) is 24.1 Å². The van der Waals surface area contributed by atoms with Crippen LogP contribution in [0.1, 0.15) is 59.8 Å². The molecule has 0 aromatic carbocycles. The highest BCUT2D eigenvalue weighted by Crippen LogP contribution is 2.28. The number of aliphatic hydroxyl groups is 1. The molecule has 3 heteroatoms. The smallest absolute Gasteiger partial charge is 0.0431 e. The third-order valence-corrected chi connectivity index (χ3v) is 4.68. The van der Waals surface area contributed by atoms with Crippen LogP contribution in [0.4, 0.5) is 0 Å². The van der Waals surface area contributed by atoms with Crippen molar-refractivity contribution in [1.29, 1.82) is 0 Å². The Morgan fingerprint density at radius 1 is 1.42 bits per heavy atom. The molecule has 0 aromatic rings. The molecule has 19 heavy (non-hydrogen) atoms. The molecule has 2 atom stereocenters. The van der Waals surface area contributed by atoms with Gasteiger partial charge in [0.2, 0.25) is 0 Å². The van der Waals surface area contributed by atoms with Crippen molar-refractivity contribution in [2.45, 2.75) is 71.9 Å². The second kappa shape index (κ2) is 8.23. The van der Waals surface area contributed by atoms with Gasteiger partial charge in [0.05, 0.1) is 0 Å². The first-order valence-electron chi connectivity index (χ1n) is 8.09. The van der Waals surface area contributed by atoms with Crippen LogP contribution >= 0.6 is 0 Å². The molecular formula is C16H34N2O. The fourth-order valence-electron chi connectivity index (χ4n) is 3.05. The van der Waals surface area contributed by atoms with E-state index in [-0.39, 0.29) is 0 Å². The van der Waals surface area contributed by atoms with Crippen molar-refractivity contribution in [3.8, 4) is 0 Å². The average Bonchev–Trinajstić information content (AvgIpc) is 2.79. The highest BCUT2D eigenvalue weighted by molar-refractivity contribution is 4.88. The zero-order valence-electron chi connectivity index (χ0n) is 13.4. The molecule has 1 saturated heterocycles. The zero-order chi connectivity index (χ0) is 14.3. The minimum Gasteiger partial charge on any atom is -0.396 e. The predicted molar refractivity (Wildman–Crippen MR) is 82.5 cm³/mol. The number of nitrogens with one attached hydrogen (secondary N) is 1. The third-order valence-electron chi connectivity index (χ3n) is 4.68. The molecule has 0 spiro atoms. The molecule has 0 aliphatic carbocycles. The van der Waals surface area contributed by atoms with Crippen molar-refractivity contribution in [2.75, 3.05) is 26.2 Å². The summed E-state index contributed by atoms with van der Waals surface area (Å²) in [6.45, 7) is 13.1. The summed E-state index contributed by atoms with van der Waals surface area (Å²) in [5.41, 5.74) is 0.303. The van der Waals surface area contributed by atoms with Crippen LogP contribution < -0.4 is 5.32 Å². The van der Waals surface area contributed by atoms with Crippen LogP contribution in [0.15, 0.2) is 0 Å². The Hall–Kier alpha value is -0.120. The molecule has 0 aromatic heterocycles. The van der Waals surface area contributed by atoms with E-state index in [4.69, 9.17) is 5.11 Å². The minimum absolute atomic E-state index is 0.303. The van der Waals surface area contributed by atoms with Gasteiger partial charge in [-0.1, -0.05) is 20.8 Å². The molecule has 1 aliphatic heterocycles. The first kappa shape index (κ1) is 16.9. The van der Waals surface area contributed by atoms with Crippen molar-refractivity contribution >= 4 is 0 Å². The Labute approximate surface area is 119 Å². The molecule has 1 fully saturated rings. The van der Waals surface area contributed by atoms with Gasteiger partial charge in [0, 0.05) is 25.2 Å². The van der Waals surface area contributed by atoms with Gasteiger partial charge in [0.15, 0.2) is 0 Å². The first-order chi connectivity index (χ1) is 9.01. The molecular weight excluding hydrogens is 236 g/mol. The van der Waals surface area contributed by atoms with Crippen LogP contribution in [-0.4, -0.2) is 48.3 Å². The molecule has 1 rings (SSSR count). The number of nitrogens with zero attached hydrogens (tertiary/aromatic N) is 1. The van der Waals surface area contributed by atoms with E-state index in [9.17, 15) is 0 Å². The average molecular weight is 270 g/mol. The summed E-state index contributed by atoms with van der Waals surface area (Å²) in [5, 5.41) is 12.6. The minimum atomic E-state index is 0.303. The molecule has 0 bridgehead atoms. The predicted octanol–water partition coefficient (Wildman–Crippen LogP) is 2.64. The first-order valence-corrected chi connectivity index (χ1v) is 8.09. The normalized spacial score (nSPS) is 22.9. The third kappa shape index (κ3) is 5.41. The van der Waals surface area contributed by atoms with E-state index in [1.54, 1.807) is 0 Å². The monoisotopic (exact) mass is 270 g/mol. The second-order valence-corrected chi connectivity index (χ2v) is 6.80. The molecule has 0 radical (unpaired) electrons. The maximum atomic E-state index is 9.00. The van der Waals surface area contributed by atoms with E-state index < -0.39 is 0 Å². The van der Waals surface area contributed by atoms with Crippen molar-refractivity contribution in [3.05, 3.63) is 0 Å². The largest absolute Gasteiger partial charge is 0.396 e. The van der Waals surface area contributed by atoms with Gasteiger partial charge in [-0.05, 0) is 57.5 Å². The summed E-state index contributed by atoms with van der Waals surface area (Å²) in [6.07, 6.45) is 5.94. The lowest BCUT2D eigenvalue weighted by Crippen LogP contribution is -2.48. The second-order valence-electron chi connectivity index (χ2n) is 6.80. The van der Waals surface area contributed by atoms with E-state index >= 15 is 0 Å². The van der Waals surface area contributed by atoms with Crippen LogP contribution in [0, 0.1) is 5.41 Å². The van der Waals surface area contributed by atoms with E-state index in [2.05, 4.69) is 37.9 Å². The Kier molecular flexibility index (Phi) is 7.33. The van der Waals surface area contributed by atoms with Crippen molar-refractivity contribution in [3.63, 3.8) is 0 Å². The SMILES string of the molecule is CCCNC(C)C(C)(C)CN1CCCC1CCCO. The standard InChI is InChI=1S/C16H34N2O/c1-5-10-17-14(2)16(3,4)13-18-11-6-8-15(18)9-7-12-19/h14-15,17,19H,5-13H2,1-4H3. The number of rotatable bonds is 9. The molecule has 0 amide bonds. The highest BCUT2D eigenvalue weighted by Gasteiger charge is 2.32. The van der Waals surface area contributed by atoms with Gasteiger partial charge in [-0.3, -0.25) is 4.90 Å². The maximum Gasteiger partial charge on any atom is 0.0431 e. The molecule has 0 saturated carbocycles. The van der Waals surface area contributed by atoms with Gasteiger partial charge in [-0.25, -0.2) is 0 Å². The van der Waals surface area contributed by atoms with Crippen LogP contribution in [-0.2, 0) is 0 Å². The van der Waals surface area contributed by atoms with Crippen molar-refractivity contribution in [1.82, 2.24) is 10.2 Å². The summed E-state index contributed by atoms with van der Waals surface area (Å²) >= 11 is 0. The number of aliphatic hydroxyl groups excluding tert-OH is 1. The van der Waals surface area contributed by atoms with Gasteiger partial charge < -0.3 is 10.4 Å². The Morgan fingerprint density at radius 2 is 2.16 bits per heavy atom. The van der Waals surface area contributed by atoms with Crippen molar-refractivity contribution < 1.29 is 5.11 Å². The van der Waals surface area contributed by atoms with Gasteiger partial charge in [-0.15, -0.1) is 0 Å². The number of hydrogen-bond donors (Lipinski definition) is 2. The number of likely N-dealkylation sites (tertiary alicyclic amines) is 1. The lowest BCUT2D eigenvalue weighted by atomic mass is 9.84. The summed E-state index contributed by atoms with van der Waals surface area (Å²) in [4.78, 5) is 2.65. The van der Waals surface area contributed by atoms with E-state index in [1.165, 1.54) is 32.4 Å². The zero-order valence-corrected chi connectivity index (χ0v) is 13.4. The van der Waals surface area contributed by atoms with E-state index in [1.807, 2.05) is 0 Å². The van der Waals surface area contributed by atoms with Crippen LogP contribution in [0.3, 0.4) is 0 Å². The summed E-state index contributed by atoms with van der Waals surface area (Å²) in [5.74, 6) is 0. The Balaban J connectivity index is 2.46. The molecule has 1 aliphatic rings. The quantitative estimate of drug-likeness (QED) is 0.676. The van der Waals surface area contributed by atoms with Crippen molar-refractivity contribution in [2.24, 2.45) is 5.41 Å². The fourth-order valence-corrected chi connectivity index (χ4v) is 3.05. The van der Waals surface area contributed by atoms with Crippen LogP contribution in [0.5, 0.6) is 0 Å². The Morgan fingerprint density at radius 3 is 2.79 bits per heavy atom.